The molecule has 1 amide bonds. The first kappa shape index (κ1) is 19.4. The number of carbonyl (C=O) groups is 1. The number of anilines is 1. The minimum absolute atomic E-state index is 0.00975. The minimum Gasteiger partial charge on any atom is -0.326 e. The topological polar surface area (TPSA) is 65.8 Å². The number of nitrogens with one attached hydrogen (secondary N) is 1. The predicted octanol–water partition coefficient (Wildman–Crippen LogP) is 4.96. The van der Waals surface area contributed by atoms with Gasteiger partial charge in [-0.15, -0.1) is 11.8 Å². The zero-order valence-corrected chi connectivity index (χ0v) is 16.8. The normalized spacial score (nSPS) is 13.4. The van der Waals surface area contributed by atoms with Crippen molar-refractivity contribution < 1.29 is 4.79 Å². The molecule has 0 atom stereocenters. The van der Waals surface area contributed by atoms with Crippen molar-refractivity contribution in [3.63, 3.8) is 0 Å². The number of hydrogen-bond donors (Lipinski definition) is 1. The first-order valence-corrected chi connectivity index (χ1v) is 10.5. The Labute approximate surface area is 165 Å². The van der Waals surface area contributed by atoms with E-state index in [-0.39, 0.29) is 5.91 Å². The molecule has 1 N–H and O–H groups in total. The molecule has 3 rings (SSSR count). The molecule has 0 saturated carbocycles. The standard InChI is InChI=1S/C22H25N3OS/c1-15-7-6-10-19(16(15)2)24-21(26)11-12-27-22-18(14-23)13-17-8-4-3-5-9-20(17)25-22/h6-7,10,13H,3-5,8-9,11-12H2,1-2H3,(H,24,26). The fourth-order valence-electron chi connectivity index (χ4n) is 3.32. The third-order valence-electron chi connectivity index (χ3n) is 5.08. The number of fused-ring (bicyclic) bond motifs is 1. The number of pyridine rings is 1. The summed E-state index contributed by atoms with van der Waals surface area (Å²) in [4.78, 5) is 17.0. The molecule has 1 aromatic heterocycles. The summed E-state index contributed by atoms with van der Waals surface area (Å²) in [6.45, 7) is 4.05. The van der Waals surface area contributed by atoms with Gasteiger partial charge in [-0.05, 0) is 68.4 Å². The molecule has 0 saturated heterocycles. The van der Waals surface area contributed by atoms with Crippen LogP contribution in [0.5, 0.6) is 0 Å². The smallest absolute Gasteiger partial charge is 0.225 e. The molecule has 0 bridgehead atoms. The van der Waals surface area contributed by atoms with E-state index in [4.69, 9.17) is 4.98 Å². The van der Waals surface area contributed by atoms with Crippen molar-refractivity contribution >= 4 is 23.4 Å². The minimum atomic E-state index is -0.00975. The number of nitriles is 1. The number of rotatable bonds is 5. The second-order valence-electron chi connectivity index (χ2n) is 7.01. The van der Waals surface area contributed by atoms with Crippen molar-refractivity contribution in [2.75, 3.05) is 11.1 Å². The van der Waals surface area contributed by atoms with Crippen molar-refractivity contribution in [2.24, 2.45) is 0 Å². The van der Waals surface area contributed by atoms with Crippen LogP contribution in [0.15, 0.2) is 29.3 Å². The van der Waals surface area contributed by atoms with Crippen molar-refractivity contribution in [3.05, 3.63) is 52.2 Å². The number of benzene rings is 1. The average Bonchev–Trinajstić information content (AvgIpc) is 2.89. The van der Waals surface area contributed by atoms with Gasteiger partial charge in [0.25, 0.3) is 0 Å². The Morgan fingerprint density at radius 2 is 2.07 bits per heavy atom. The van der Waals surface area contributed by atoms with E-state index in [1.165, 1.54) is 30.2 Å². The summed E-state index contributed by atoms with van der Waals surface area (Å²) in [5.74, 6) is 0.599. The molecule has 0 aliphatic heterocycles. The van der Waals surface area contributed by atoms with Gasteiger partial charge in [-0.3, -0.25) is 4.79 Å². The van der Waals surface area contributed by atoms with Crippen LogP contribution in [-0.4, -0.2) is 16.6 Å². The van der Waals surface area contributed by atoms with Gasteiger partial charge in [-0.1, -0.05) is 18.6 Å². The van der Waals surface area contributed by atoms with E-state index in [9.17, 15) is 10.1 Å². The molecule has 0 fully saturated rings. The van der Waals surface area contributed by atoms with Crippen LogP contribution in [-0.2, 0) is 17.6 Å². The quantitative estimate of drug-likeness (QED) is 0.589. The van der Waals surface area contributed by atoms with Crippen LogP contribution >= 0.6 is 11.8 Å². The van der Waals surface area contributed by atoms with Crippen LogP contribution in [0.4, 0.5) is 5.69 Å². The molecule has 1 aliphatic carbocycles. The zero-order valence-electron chi connectivity index (χ0n) is 16.0. The van der Waals surface area contributed by atoms with Crippen LogP contribution in [0.3, 0.4) is 0 Å². The fraction of sp³-hybridized carbons (Fsp3) is 0.409. The Morgan fingerprint density at radius 1 is 1.26 bits per heavy atom. The summed E-state index contributed by atoms with van der Waals surface area (Å²) in [5.41, 5.74) is 6.11. The average molecular weight is 380 g/mol. The fourth-order valence-corrected chi connectivity index (χ4v) is 4.24. The second-order valence-corrected chi connectivity index (χ2v) is 8.10. The third-order valence-corrected chi connectivity index (χ3v) is 6.08. The molecule has 1 aliphatic rings. The second kappa shape index (κ2) is 9.05. The Morgan fingerprint density at radius 3 is 2.89 bits per heavy atom. The van der Waals surface area contributed by atoms with Gasteiger partial charge >= 0.3 is 0 Å². The third kappa shape index (κ3) is 4.90. The Balaban J connectivity index is 1.61. The number of aromatic nitrogens is 1. The molecule has 0 radical (unpaired) electrons. The van der Waals surface area contributed by atoms with Crippen LogP contribution in [0.2, 0.25) is 0 Å². The molecular formula is C22H25N3OS. The van der Waals surface area contributed by atoms with Gasteiger partial charge in [0.15, 0.2) is 0 Å². The number of aryl methyl sites for hydroxylation is 3. The van der Waals surface area contributed by atoms with Crippen molar-refractivity contribution in [1.29, 1.82) is 5.26 Å². The van der Waals surface area contributed by atoms with Crippen LogP contribution in [0.25, 0.3) is 0 Å². The van der Waals surface area contributed by atoms with Crippen LogP contribution < -0.4 is 5.32 Å². The van der Waals surface area contributed by atoms with Crippen molar-refractivity contribution in [2.45, 2.75) is 57.4 Å². The molecule has 4 nitrogen and oxygen atoms in total. The van der Waals surface area contributed by atoms with E-state index in [0.717, 1.165) is 46.8 Å². The summed E-state index contributed by atoms with van der Waals surface area (Å²) >= 11 is 1.50. The van der Waals surface area contributed by atoms with E-state index in [2.05, 4.69) is 11.4 Å². The summed E-state index contributed by atoms with van der Waals surface area (Å²) < 4.78 is 0. The lowest BCUT2D eigenvalue weighted by Crippen LogP contribution is -2.13. The molecule has 140 valence electrons. The highest BCUT2D eigenvalue weighted by Crippen LogP contribution is 2.27. The van der Waals surface area contributed by atoms with Crippen molar-refractivity contribution in [3.8, 4) is 6.07 Å². The lowest BCUT2D eigenvalue weighted by molar-refractivity contribution is -0.115. The molecule has 1 aromatic carbocycles. The van der Waals surface area contributed by atoms with E-state index in [1.54, 1.807) is 0 Å². The maximum atomic E-state index is 12.3. The lowest BCUT2D eigenvalue weighted by Gasteiger charge is -2.11. The number of carbonyl (C=O) groups excluding carboxylic acids is 1. The van der Waals surface area contributed by atoms with Gasteiger partial charge in [0.2, 0.25) is 5.91 Å². The first-order valence-electron chi connectivity index (χ1n) is 9.50. The van der Waals surface area contributed by atoms with Gasteiger partial charge in [0.05, 0.1) is 5.56 Å². The highest BCUT2D eigenvalue weighted by Gasteiger charge is 2.15. The number of nitrogens with zero attached hydrogens (tertiary/aromatic N) is 2. The zero-order chi connectivity index (χ0) is 19.2. The van der Waals surface area contributed by atoms with Gasteiger partial charge in [0.1, 0.15) is 11.1 Å². The van der Waals surface area contributed by atoms with E-state index >= 15 is 0 Å². The monoisotopic (exact) mass is 379 g/mol. The summed E-state index contributed by atoms with van der Waals surface area (Å²) in [7, 11) is 0. The van der Waals surface area contributed by atoms with Gasteiger partial charge < -0.3 is 5.32 Å². The van der Waals surface area contributed by atoms with E-state index < -0.39 is 0 Å². The molecule has 2 aromatic rings. The van der Waals surface area contributed by atoms with E-state index in [1.807, 2.05) is 38.1 Å². The SMILES string of the molecule is Cc1cccc(NC(=O)CCSc2nc3c(cc2C#N)CCCCC3)c1C. The highest BCUT2D eigenvalue weighted by molar-refractivity contribution is 7.99. The summed E-state index contributed by atoms with van der Waals surface area (Å²) in [6.07, 6.45) is 5.95. The van der Waals surface area contributed by atoms with Gasteiger partial charge in [0, 0.05) is 23.6 Å². The molecular weight excluding hydrogens is 354 g/mol. The van der Waals surface area contributed by atoms with Crippen LogP contribution in [0, 0.1) is 25.2 Å². The Bertz CT molecular complexity index is 886. The van der Waals surface area contributed by atoms with Crippen LogP contribution in [0.1, 0.15) is 53.6 Å². The maximum Gasteiger partial charge on any atom is 0.225 e. The largest absolute Gasteiger partial charge is 0.326 e. The summed E-state index contributed by atoms with van der Waals surface area (Å²) in [5, 5.41) is 13.2. The van der Waals surface area contributed by atoms with Crippen molar-refractivity contribution in [1.82, 2.24) is 4.98 Å². The number of amides is 1. The molecule has 27 heavy (non-hydrogen) atoms. The molecule has 1 heterocycles. The molecule has 0 spiro atoms. The number of thioether (sulfide) groups is 1. The lowest BCUT2D eigenvalue weighted by atomic mass is 10.1. The Kier molecular flexibility index (Phi) is 6.52. The molecule has 5 heteroatoms. The number of hydrogen-bond acceptors (Lipinski definition) is 4. The van der Waals surface area contributed by atoms with Gasteiger partial charge in [-0.25, -0.2) is 4.98 Å². The highest BCUT2D eigenvalue weighted by atomic mass is 32.2. The maximum absolute atomic E-state index is 12.3. The Hall–Kier alpha value is -2.32. The van der Waals surface area contributed by atoms with Gasteiger partial charge in [-0.2, -0.15) is 5.26 Å². The predicted molar refractivity (Wildman–Crippen MR) is 110 cm³/mol. The van der Waals surface area contributed by atoms with E-state index in [0.29, 0.717) is 17.7 Å². The molecule has 0 unspecified atom stereocenters. The summed E-state index contributed by atoms with van der Waals surface area (Å²) in [6, 6.07) is 10.2. The first-order chi connectivity index (χ1) is 13.1.